The Bertz CT molecular complexity index is 858. The van der Waals surface area contributed by atoms with E-state index < -0.39 is 5.91 Å². The molecular weight excluding hydrogens is 362 g/mol. The second-order valence-electron chi connectivity index (χ2n) is 6.52. The quantitative estimate of drug-likeness (QED) is 0.503. The maximum Gasteiger partial charge on any atom is 0.257 e. The van der Waals surface area contributed by atoms with Crippen molar-refractivity contribution in [2.24, 2.45) is 0 Å². The van der Waals surface area contributed by atoms with Gasteiger partial charge in [-0.1, -0.05) is 17.7 Å². The molecule has 0 aliphatic carbocycles. The summed E-state index contributed by atoms with van der Waals surface area (Å²) < 4.78 is 0. The van der Waals surface area contributed by atoms with E-state index in [1.54, 1.807) is 11.3 Å². The van der Waals surface area contributed by atoms with Crippen molar-refractivity contribution in [3.05, 3.63) is 50.7 Å². The van der Waals surface area contributed by atoms with E-state index in [0.717, 1.165) is 26.6 Å². The van der Waals surface area contributed by atoms with Crippen LogP contribution in [0.2, 0.25) is 0 Å². The molecule has 0 radical (unpaired) electrons. The number of hydrazine groups is 1. The Morgan fingerprint density at radius 1 is 0.926 bits per heavy atom. The maximum atomic E-state index is 12.2. The van der Waals surface area contributed by atoms with Gasteiger partial charge in [-0.2, -0.15) is 0 Å². The van der Waals surface area contributed by atoms with E-state index in [1.807, 2.05) is 52.0 Å². The molecule has 0 atom stereocenters. The monoisotopic (exact) mass is 387 g/mol. The Hall–Kier alpha value is -2.67. The van der Waals surface area contributed by atoms with Gasteiger partial charge in [0.05, 0.1) is 6.54 Å². The van der Waals surface area contributed by atoms with Crippen molar-refractivity contribution in [2.45, 2.75) is 40.5 Å². The molecule has 2 rings (SSSR count). The van der Waals surface area contributed by atoms with Crippen LogP contribution in [0.25, 0.3) is 0 Å². The highest BCUT2D eigenvalue weighted by molar-refractivity contribution is 7.12. The second kappa shape index (κ2) is 9.32. The molecule has 0 aliphatic heterocycles. The zero-order valence-electron chi connectivity index (χ0n) is 16.1. The summed E-state index contributed by atoms with van der Waals surface area (Å²) in [7, 11) is 0. The Morgan fingerprint density at radius 2 is 1.63 bits per heavy atom. The van der Waals surface area contributed by atoms with Gasteiger partial charge >= 0.3 is 0 Å². The predicted molar refractivity (Wildman–Crippen MR) is 108 cm³/mol. The molecule has 0 unspecified atom stereocenters. The lowest BCUT2D eigenvalue weighted by molar-refractivity contribution is -0.128. The number of amides is 2. The van der Waals surface area contributed by atoms with Crippen LogP contribution in [0.1, 0.15) is 44.1 Å². The molecule has 6 nitrogen and oxygen atoms in total. The van der Waals surface area contributed by atoms with Gasteiger partial charge in [-0.3, -0.25) is 25.2 Å². The van der Waals surface area contributed by atoms with E-state index in [4.69, 9.17) is 0 Å². The molecule has 0 aliphatic rings. The van der Waals surface area contributed by atoms with Gasteiger partial charge in [0.1, 0.15) is 0 Å². The Kier molecular flexibility index (Phi) is 7.12. The first-order valence-corrected chi connectivity index (χ1v) is 9.57. The van der Waals surface area contributed by atoms with Crippen molar-refractivity contribution in [3.8, 4) is 0 Å². The van der Waals surface area contributed by atoms with Gasteiger partial charge in [0.25, 0.3) is 5.91 Å². The van der Waals surface area contributed by atoms with Crippen molar-refractivity contribution >= 4 is 34.6 Å². The topological polar surface area (TPSA) is 87.3 Å². The fraction of sp³-hybridized carbons (Fsp3) is 0.350. The molecule has 0 bridgehead atoms. The van der Waals surface area contributed by atoms with Gasteiger partial charge in [0.15, 0.2) is 5.78 Å². The van der Waals surface area contributed by atoms with E-state index >= 15 is 0 Å². The van der Waals surface area contributed by atoms with E-state index in [9.17, 15) is 14.4 Å². The summed E-state index contributed by atoms with van der Waals surface area (Å²) in [4.78, 5) is 37.9. The number of carbonyl (C=O) groups excluding carboxylic acids is 3. The standard InChI is InChI=1S/C20H25N3O3S/c1-12-5-6-17(13(2)9-12)21-11-20(26)23-22-19(25)8-7-18(24)16-10-14(3)27-15(16)4/h5-6,9-10,21H,7-8,11H2,1-4H3,(H,22,25)(H,23,26). The first-order chi connectivity index (χ1) is 12.8. The SMILES string of the molecule is Cc1ccc(NCC(=O)NNC(=O)CCC(=O)c2cc(C)sc2C)c(C)c1. The number of thiophene rings is 1. The van der Waals surface area contributed by atoms with Crippen LogP contribution in [-0.4, -0.2) is 24.1 Å². The third kappa shape index (κ3) is 6.21. The zero-order chi connectivity index (χ0) is 20.0. The Labute approximate surface area is 163 Å². The van der Waals surface area contributed by atoms with Gasteiger partial charge in [0, 0.05) is 33.8 Å². The van der Waals surface area contributed by atoms with E-state index in [0.29, 0.717) is 5.56 Å². The van der Waals surface area contributed by atoms with E-state index in [2.05, 4.69) is 16.2 Å². The summed E-state index contributed by atoms with van der Waals surface area (Å²) in [5.74, 6) is -0.818. The van der Waals surface area contributed by atoms with Gasteiger partial charge in [-0.25, -0.2) is 0 Å². The molecule has 1 aromatic carbocycles. The zero-order valence-corrected chi connectivity index (χ0v) is 16.9. The van der Waals surface area contributed by atoms with E-state index in [1.165, 1.54) is 0 Å². The third-order valence-electron chi connectivity index (χ3n) is 4.08. The maximum absolute atomic E-state index is 12.2. The molecular formula is C20H25N3O3S. The number of Topliss-reactive ketones (excluding diaryl/α,β-unsaturated/α-hetero) is 1. The van der Waals surface area contributed by atoms with Crippen molar-refractivity contribution in [2.75, 3.05) is 11.9 Å². The Balaban J connectivity index is 1.71. The van der Waals surface area contributed by atoms with Crippen LogP contribution in [0.4, 0.5) is 5.69 Å². The molecule has 7 heteroatoms. The molecule has 27 heavy (non-hydrogen) atoms. The summed E-state index contributed by atoms with van der Waals surface area (Å²) >= 11 is 1.57. The lowest BCUT2D eigenvalue weighted by Gasteiger charge is -2.11. The van der Waals surface area contributed by atoms with Crippen LogP contribution in [0.3, 0.4) is 0 Å². The predicted octanol–water partition coefficient (Wildman–Crippen LogP) is 3.20. The van der Waals surface area contributed by atoms with Crippen LogP contribution in [0, 0.1) is 27.7 Å². The minimum Gasteiger partial charge on any atom is -0.376 e. The molecule has 0 saturated heterocycles. The van der Waals surface area contributed by atoms with Crippen molar-refractivity contribution in [1.29, 1.82) is 0 Å². The van der Waals surface area contributed by atoms with Crippen LogP contribution >= 0.6 is 11.3 Å². The van der Waals surface area contributed by atoms with E-state index in [-0.39, 0.29) is 31.1 Å². The summed E-state index contributed by atoms with van der Waals surface area (Å²) in [6.45, 7) is 7.85. The minimum atomic E-state index is -0.396. The molecule has 1 aromatic heterocycles. The number of anilines is 1. The molecule has 144 valence electrons. The molecule has 2 aromatic rings. The second-order valence-corrected chi connectivity index (χ2v) is 7.98. The average Bonchev–Trinajstić information content (AvgIpc) is 2.95. The molecule has 2 amide bonds. The Morgan fingerprint density at radius 3 is 2.26 bits per heavy atom. The van der Waals surface area contributed by atoms with Crippen LogP contribution in [0.5, 0.6) is 0 Å². The van der Waals surface area contributed by atoms with Crippen molar-refractivity contribution < 1.29 is 14.4 Å². The number of benzene rings is 1. The van der Waals surface area contributed by atoms with Crippen molar-refractivity contribution in [1.82, 2.24) is 10.9 Å². The van der Waals surface area contributed by atoms with Crippen LogP contribution in [-0.2, 0) is 9.59 Å². The normalized spacial score (nSPS) is 10.4. The molecule has 3 N–H and O–H groups in total. The molecule has 0 saturated carbocycles. The highest BCUT2D eigenvalue weighted by Gasteiger charge is 2.14. The van der Waals surface area contributed by atoms with Gasteiger partial charge in [-0.05, 0) is 45.4 Å². The molecule has 0 fully saturated rings. The lowest BCUT2D eigenvalue weighted by atomic mass is 10.1. The number of hydrogen-bond acceptors (Lipinski definition) is 5. The fourth-order valence-corrected chi connectivity index (χ4v) is 3.65. The summed E-state index contributed by atoms with van der Waals surface area (Å²) in [6, 6.07) is 7.75. The third-order valence-corrected chi connectivity index (χ3v) is 5.05. The summed E-state index contributed by atoms with van der Waals surface area (Å²) in [5.41, 5.74) is 8.43. The summed E-state index contributed by atoms with van der Waals surface area (Å²) in [5, 5.41) is 3.03. The number of hydrogen-bond donors (Lipinski definition) is 3. The van der Waals surface area contributed by atoms with Gasteiger partial charge in [0.2, 0.25) is 5.91 Å². The molecule has 1 heterocycles. The largest absolute Gasteiger partial charge is 0.376 e. The number of aryl methyl sites for hydroxylation is 4. The van der Waals surface area contributed by atoms with Gasteiger partial charge in [-0.15, -0.1) is 11.3 Å². The number of ketones is 1. The van der Waals surface area contributed by atoms with Gasteiger partial charge < -0.3 is 5.32 Å². The van der Waals surface area contributed by atoms with Crippen molar-refractivity contribution in [3.63, 3.8) is 0 Å². The van der Waals surface area contributed by atoms with Crippen LogP contribution < -0.4 is 16.2 Å². The fourth-order valence-electron chi connectivity index (χ4n) is 2.70. The number of nitrogens with one attached hydrogen (secondary N) is 3. The smallest absolute Gasteiger partial charge is 0.257 e. The highest BCUT2D eigenvalue weighted by atomic mass is 32.1. The first kappa shape index (κ1) is 20.6. The number of rotatable bonds is 7. The minimum absolute atomic E-state index is 0.0257. The lowest BCUT2D eigenvalue weighted by Crippen LogP contribution is -2.44. The average molecular weight is 388 g/mol. The van der Waals surface area contributed by atoms with Crippen LogP contribution in [0.15, 0.2) is 24.3 Å². The highest BCUT2D eigenvalue weighted by Crippen LogP contribution is 2.22. The number of carbonyl (C=O) groups is 3. The summed E-state index contributed by atoms with van der Waals surface area (Å²) in [6.07, 6.45) is 0.136. The molecule has 0 spiro atoms. The first-order valence-electron chi connectivity index (χ1n) is 8.75.